The fourth-order valence-corrected chi connectivity index (χ4v) is 1.48. The third-order valence-electron chi connectivity index (χ3n) is 2.76. The molecule has 0 atom stereocenters. The maximum absolute atomic E-state index is 11.4. The molecule has 2 rings (SSSR count). The van der Waals surface area contributed by atoms with Crippen molar-refractivity contribution in [1.29, 1.82) is 0 Å². The van der Waals surface area contributed by atoms with Gasteiger partial charge in [-0.05, 0) is 19.8 Å². The molecule has 0 unspecified atom stereocenters. The Balaban J connectivity index is 2.09. The molecular formula is C12H13N3O3. The van der Waals surface area contributed by atoms with Crippen molar-refractivity contribution in [3.63, 3.8) is 0 Å². The van der Waals surface area contributed by atoms with Crippen molar-refractivity contribution in [2.24, 2.45) is 11.0 Å². The molecule has 0 aliphatic heterocycles. The van der Waals surface area contributed by atoms with Crippen molar-refractivity contribution in [3.05, 3.63) is 39.9 Å². The topological polar surface area (TPSA) is 84.6 Å². The summed E-state index contributed by atoms with van der Waals surface area (Å²) >= 11 is 0. The predicted octanol–water partition coefficient (Wildman–Crippen LogP) is 1.84. The van der Waals surface area contributed by atoms with Crippen LogP contribution in [-0.2, 0) is 4.79 Å². The van der Waals surface area contributed by atoms with Gasteiger partial charge in [-0.15, -0.1) is 0 Å². The number of hydrogen-bond donors (Lipinski definition) is 1. The third-order valence-corrected chi connectivity index (χ3v) is 2.76. The van der Waals surface area contributed by atoms with Crippen LogP contribution in [-0.4, -0.2) is 16.5 Å². The molecule has 6 nitrogen and oxygen atoms in total. The summed E-state index contributed by atoms with van der Waals surface area (Å²) in [6, 6.07) is 6.16. The molecule has 1 aliphatic rings. The minimum Gasteiger partial charge on any atom is -0.273 e. The first-order valence-electron chi connectivity index (χ1n) is 5.67. The van der Waals surface area contributed by atoms with E-state index in [0.717, 1.165) is 12.8 Å². The van der Waals surface area contributed by atoms with Gasteiger partial charge in [-0.2, -0.15) is 5.10 Å². The minimum atomic E-state index is -0.459. The summed E-state index contributed by atoms with van der Waals surface area (Å²) in [7, 11) is 0. The molecule has 0 heterocycles. The second-order valence-electron chi connectivity index (χ2n) is 4.25. The molecule has 1 aromatic rings. The summed E-state index contributed by atoms with van der Waals surface area (Å²) in [4.78, 5) is 21.6. The van der Waals surface area contributed by atoms with Gasteiger partial charge in [-0.25, -0.2) is 5.43 Å². The van der Waals surface area contributed by atoms with Crippen LogP contribution in [0.2, 0.25) is 0 Å². The molecule has 1 aliphatic carbocycles. The van der Waals surface area contributed by atoms with Gasteiger partial charge in [-0.1, -0.05) is 12.1 Å². The van der Waals surface area contributed by atoms with E-state index in [1.807, 2.05) is 0 Å². The first-order chi connectivity index (χ1) is 8.58. The van der Waals surface area contributed by atoms with Crippen LogP contribution in [0.25, 0.3) is 0 Å². The van der Waals surface area contributed by atoms with E-state index in [2.05, 4.69) is 10.5 Å². The molecule has 1 fully saturated rings. The van der Waals surface area contributed by atoms with Crippen molar-refractivity contribution in [2.75, 3.05) is 0 Å². The van der Waals surface area contributed by atoms with Gasteiger partial charge in [0, 0.05) is 23.6 Å². The predicted molar refractivity (Wildman–Crippen MR) is 66.2 cm³/mol. The Morgan fingerprint density at radius 1 is 1.50 bits per heavy atom. The Labute approximate surface area is 104 Å². The highest BCUT2D eigenvalue weighted by Crippen LogP contribution is 2.28. The summed E-state index contributed by atoms with van der Waals surface area (Å²) in [5, 5.41) is 14.6. The first kappa shape index (κ1) is 12.2. The molecule has 18 heavy (non-hydrogen) atoms. The Kier molecular flexibility index (Phi) is 3.36. The highest BCUT2D eigenvalue weighted by atomic mass is 16.6. The summed E-state index contributed by atoms with van der Waals surface area (Å²) in [6.45, 7) is 1.70. The fraction of sp³-hybridized carbons (Fsp3) is 0.333. The Bertz CT molecular complexity index is 521. The molecular weight excluding hydrogens is 234 g/mol. The Morgan fingerprint density at radius 2 is 2.22 bits per heavy atom. The van der Waals surface area contributed by atoms with Crippen LogP contribution in [0.15, 0.2) is 29.4 Å². The number of nitrogens with zero attached hydrogens (tertiary/aromatic N) is 2. The summed E-state index contributed by atoms with van der Waals surface area (Å²) < 4.78 is 0. The standard InChI is InChI=1S/C12H13N3O3/c1-8(13-14-12(16)9-5-6-9)10-3-2-4-11(7-10)15(17)18/h2-4,7,9H,5-6H2,1H3,(H,14,16). The number of carbonyl (C=O) groups excluding carboxylic acids is 1. The van der Waals surface area contributed by atoms with Crippen LogP contribution in [0.3, 0.4) is 0 Å². The van der Waals surface area contributed by atoms with Gasteiger partial charge in [-0.3, -0.25) is 14.9 Å². The molecule has 1 amide bonds. The number of amides is 1. The van der Waals surface area contributed by atoms with Gasteiger partial charge < -0.3 is 0 Å². The van der Waals surface area contributed by atoms with Gasteiger partial charge in [0.25, 0.3) is 5.69 Å². The van der Waals surface area contributed by atoms with Crippen molar-refractivity contribution >= 4 is 17.3 Å². The number of nitro groups is 1. The van der Waals surface area contributed by atoms with Crippen LogP contribution in [0, 0.1) is 16.0 Å². The SMILES string of the molecule is CC(=NNC(=O)C1CC1)c1cccc([N+](=O)[O-])c1. The van der Waals surface area contributed by atoms with Gasteiger partial charge in [0.15, 0.2) is 0 Å². The largest absolute Gasteiger partial charge is 0.273 e. The van der Waals surface area contributed by atoms with Crippen molar-refractivity contribution in [3.8, 4) is 0 Å². The molecule has 1 N–H and O–H groups in total. The van der Waals surface area contributed by atoms with Gasteiger partial charge in [0.2, 0.25) is 5.91 Å². The van der Waals surface area contributed by atoms with Crippen LogP contribution >= 0.6 is 0 Å². The van der Waals surface area contributed by atoms with Crippen LogP contribution in [0.5, 0.6) is 0 Å². The quantitative estimate of drug-likeness (QED) is 0.500. The molecule has 1 aromatic carbocycles. The minimum absolute atomic E-state index is 0.00979. The summed E-state index contributed by atoms with van der Waals surface area (Å²) in [5.41, 5.74) is 3.65. The third kappa shape index (κ3) is 2.91. The van der Waals surface area contributed by atoms with Crippen molar-refractivity contribution in [2.45, 2.75) is 19.8 Å². The number of hydrazone groups is 1. The van der Waals surface area contributed by atoms with E-state index in [-0.39, 0.29) is 17.5 Å². The number of hydrogen-bond acceptors (Lipinski definition) is 4. The average molecular weight is 247 g/mol. The summed E-state index contributed by atoms with van der Waals surface area (Å²) in [6.07, 6.45) is 1.83. The lowest BCUT2D eigenvalue weighted by atomic mass is 10.1. The fourth-order valence-electron chi connectivity index (χ4n) is 1.48. The number of nitro benzene ring substituents is 1. The molecule has 0 bridgehead atoms. The van der Waals surface area contributed by atoms with E-state index in [9.17, 15) is 14.9 Å². The van der Waals surface area contributed by atoms with E-state index in [4.69, 9.17) is 0 Å². The van der Waals surface area contributed by atoms with Crippen LogP contribution in [0.4, 0.5) is 5.69 Å². The molecule has 0 saturated heterocycles. The number of non-ortho nitro benzene ring substituents is 1. The normalized spacial score (nSPS) is 15.3. The second kappa shape index (κ2) is 4.95. The number of carbonyl (C=O) groups is 1. The van der Waals surface area contributed by atoms with E-state index in [0.29, 0.717) is 11.3 Å². The zero-order valence-electron chi connectivity index (χ0n) is 9.92. The number of nitrogens with one attached hydrogen (secondary N) is 1. The smallest absolute Gasteiger partial charge is 0.270 e. The number of benzene rings is 1. The maximum atomic E-state index is 11.4. The molecule has 94 valence electrons. The molecule has 0 spiro atoms. The molecule has 0 aromatic heterocycles. The highest BCUT2D eigenvalue weighted by Gasteiger charge is 2.29. The van der Waals surface area contributed by atoms with E-state index >= 15 is 0 Å². The molecule has 6 heteroatoms. The van der Waals surface area contributed by atoms with Crippen LogP contribution < -0.4 is 5.43 Å². The Hall–Kier alpha value is -2.24. The zero-order valence-corrected chi connectivity index (χ0v) is 9.92. The second-order valence-corrected chi connectivity index (χ2v) is 4.25. The number of rotatable bonds is 4. The Morgan fingerprint density at radius 3 is 2.83 bits per heavy atom. The van der Waals surface area contributed by atoms with Crippen molar-refractivity contribution < 1.29 is 9.72 Å². The lowest BCUT2D eigenvalue weighted by Gasteiger charge is -2.02. The average Bonchev–Trinajstić information content (AvgIpc) is 3.20. The maximum Gasteiger partial charge on any atom is 0.270 e. The monoisotopic (exact) mass is 247 g/mol. The lowest BCUT2D eigenvalue weighted by molar-refractivity contribution is -0.384. The van der Waals surface area contributed by atoms with E-state index in [1.54, 1.807) is 19.1 Å². The van der Waals surface area contributed by atoms with Gasteiger partial charge in [0.05, 0.1) is 10.6 Å². The van der Waals surface area contributed by atoms with Crippen molar-refractivity contribution in [1.82, 2.24) is 5.43 Å². The van der Waals surface area contributed by atoms with Gasteiger partial charge in [0.1, 0.15) is 0 Å². The van der Waals surface area contributed by atoms with E-state index < -0.39 is 4.92 Å². The van der Waals surface area contributed by atoms with E-state index in [1.165, 1.54) is 12.1 Å². The zero-order chi connectivity index (χ0) is 13.1. The van der Waals surface area contributed by atoms with Crippen LogP contribution in [0.1, 0.15) is 25.3 Å². The lowest BCUT2D eigenvalue weighted by Crippen LogP contribution is -2.20. The first-order valence-corrected chi connectivity index (χ1v) is 5.67. The highest BCUT2D eigenvalue weighted by molar-refractivity contribution is 5.99. The molecule has 1 saturated carbocycles. The van der Waals surface area contributed by atoms with Gasteiger partial charge >= 0.3 is 0 Å². The molecule has 0 radical (unpaired) electrons. The summed E-state index contributed by atoms with van der Waals surface area (Å²) in [5.74, 6) is 0.00596.